The van der Waals surface area contributed by atoms with E-state index in [9.17, 15) is 14.7 Å². The third-order valence-corrected chi connectivity index (χ3v) is 3.48. The quantitative estimate of drug-likeness (QED) is 0.683. The summed E-state index contributed by atoms with van der Waals surface area (Å²) in [6, 6.07) is 0. The molecule has 2 heterocycles. The largest absolute Gasteiger partial charge is 0.391 e. The second kappa shape index (κ2) is 6.66. The summed E-state index contributed by atoms with van der Waals surface area (Å²) in [7, 11) is 0. The van der Waals surface area contributed by atoms with Crippen molar-refractivity contribution in [3.63, 3.8) is 0 Å². The number of carbonyl (C=O) groups is 2. The number of aliphatic hydroxyl groups is 1. The minimum absolute atomic E-state index is 0.0455. The number of nitrogens with zero attached hydrogens (tertiary/aromatic N) is 4. The molecule has 3 N–H and O–H groups in total. The van der Waals surface area contributed by atoms with Crippen molar-refractivity contribution in [3.8, 4) is 0 Å². The van der Waals surface area contributed by atoms with Crippen LogP contribution in [0.25, 0.3) is 0 Å². The van der Waals surface area contributed by atoms with Crippen LogP contribution < -0.4 is 5.73 Å². The van der Waals surface area contributed by atoms with Crippen molar-refractivity contribution in [2.24, 2.45) is 5.73 Å². The molecule has 0 bridgehead atoms. The Morgan fingerprint density at radius 1 is 1.52 bits per heavy atom. The van der Waals surface area contributed by atoms with Gasteiger partial charge in [-0.05, 0) is 12.8 Å². The highest BCUT2D eigenvalue weighted by molar-refractivity contribution is 5.78. The van der Waals surface area contributed by atoms with Crippen LogP contribution in [0.1, 0.15) is 37.8 Å². The number of primary amides is 1. The maximum atomic E-state index is 11.7. The molecule has 0 spiro atoms. The van der Waals surface area contributed by atoms with Crippen LogP contribution in [-0.4, -0.2) is 49.2 Å². The van der Waals surface area contributed by atoms with Gasteiger partial charge in [-0.15, -0.1) is 0 Å². The Hall–Kier alpha value is -1.96. The van der Waals surface area contributed by atoms with Crippen LogP contribution in [0.3, 0.4) is 0 Å². The van der Waals surface area contributed by atoms with E-state index < -0.39 is 12.0 Å². The summed E-state index contributed by atoms with van der Waals surface area (Å²) in [6.07, 6.45) is 1.41. The van der Waals surface area contributed by atoms with Gasteiger partial charge in [0.05, 0.1) is 25.6 Å². The van der Waals surface area contributed by atoms with Crippen molar-refractivity contribution in [2.45, 2.75) is 51.8 Å². The second-order valence-electron chi connectivity index (χ2n) is 5.25. The van der Waals surface area contributed by atoms with Crippen molar-refractivity contribution >= 4 is 11.8 Å². The molecule has 2 amide bonds. The molecule has 0 aromatic carbocycles. The van der Waals surface area contributed by atoms with E-state index >= 15 is 0 Å². The van der Waals surface area contributed by atoms with Crippen molar-refractivity contribution in [3.05, 3.63) is 11.6 Å². The lowest BCUT2D eigenvalue weighted by atomic mass is 10.3. The van der Waals surface area contributed by atoms with E-state index in [1.165, 1.54) is 0 Å². The van der Waals surface area contributed by atoms with Crippen LogP contribution in [0, 0.1) is 0 Å². The molecule has 1 aliphatic heterocycles. The monoisotopic (exact) mass is 295 g/mol. The Morgan fingerprint density at radius 2 is 2.29 bits per heavy atom. The fraction of sp³-hybridized carbons (Fsp3) is 0.692. The summed E-state index contributed by atoms with van der Waals surface area (Å²) in [5, 5.41) is 14.0. The third-order valence-electron chi connectivity index (χ3n) is 3.48. The average molecular weight is 295 g/mol. The van der Waals surface area contributed by atoms with Gasteiger partial charge in [0.25, 0.3) is 0 Å². The maximum absolute atomic E-state index is 11.7. The topological polar surface area (TPSA) is 114 Å². The lowest BCUT2D eigenvalue weighted by molar-refractivity contribution is -0.128. The summed E-state index contributed by atoms with van der Waals surface area (Å²) in [4.78, 5) is 28.7. The van der Waals surface area contributed by atoms with Gasteiger partial charge < -0.3 is 15.7 Å². The predicted molar refractivity (Wildman–Crippen MR) is 73.9 cm³/mol. The highest BCUT2D eigenvalue weighted by Crippen LogP contribution is 2.14. The molecular weight excluding hydrogens is 274 g/mol. The molecule has 1 saturated heterocycles. The normalized spacial score (nSPS) is 16.5. The summed E-state index contributed by atoms with van der Waals surface area (Å²) in [5.41, 5.74) is 5.15. The van der Waals surface area contributed by atoms with Crippen LogP contribution >= 0.6 is 0 Å². The molecule has 8 heteroatoms. The lowest BCUT2D eigenvalue weighted by Gasteiger charge is -2.16. The molecule has 0 unspecified atom stereocenters. The van der Waals surface area contributed by atoms with E-state index in [1.807, 2.05) is 6.92 Å². The first kappa shape index (κ1) is 15.4. The second-order valence-corrected chi connectivity index (χ2v) is 5.25. The zero-order valence-electron chi connectivity index (χ0n) is 12.2. The van der Waals surface area contributed by atoms with Crippen molar-refractivity contribution < 1.29 is 14.7 Å². The number of hydrogen-bond acceptors (Lipinski definition) is 5. The van der Waals surface area contributed by atoms with Crippen LogP contribution in [0.5, 0.6) is 0 Å². The highest BCUT2D eigenvalue weighted by Gasteiger charge is 2.23. The number of nitrogens with two attached hydrogens (primary N) is 1. The van der Waals surface area contributed by atoms with Crippen molar-refractivity contribution in [1.29, 1.82) is 0 Å². The van der Waals surface area contributed by atoms with Crippen LogP contribution in [-0.2, 0) is 29.1 Å². The van der Waals surface area contributed by atoms with Crippen molar-refractivity contribution in [1.82, 2.24) is 19.7 Å². The van der Waals surface area contributed by atoms with Crippen LogP contribution in [0.15, 0.2) is 0 Å². The molecule has 2 rings (SSSR count). The van der Waals surface area contributed by atoms with Gasteiger partial charge in [0, 0.05) is 13.0 Å². The minimum atomic E-state index is -0.541. The van der Waals surface area contributed by atoms with E-state index in [2.05, 4.69) is 10.1 Å². The molecule has 1 aromatic heterocycles. The Labute approximate surface area is 122 Å². The summed E-state index contributed by atoms with van der Waals surface area (Å²) in [5.74, 6) is 0.491. The standard InChI is InChI=1S/C13H21N5O3/c1-2-9(19)7-18-12(8-17-5-3-4-13(17)21)15-11(16-18)6-10(14)20/h9,19H,2-8H2,1H3,(H2,14,20)/t9-/m1/s1. The molecule has 21 heavy (non-hydrogen) atoms. The fourth-order valence-corrected chi connectivity index (χ4v) is 2.29. The van der Waals surface area contributed by atoms with E-state index in [-0.39, 0.29) is 12.3 Å². The summed E-state index contributed by atoms with van der Waals surface area (Å²) in [6.45, 7) is 3.21. The number of aromatic nitrogens is 3. The minimum Gasteiger partial charge on any atom is -0.391 e. The predicted octanol–water partition coefficient (Wildman–Crippen LogP) is -0.801. The van der Waals surface area contributed by atoms with Gasteiger partial charge in [0.2, 0.25) is 11.8 Å². The molecule has 1 fully saturated rings. The van der Waals surface area contributed by atoms with Gasteiger partial charge in [-0.25, -0.2) is 9.67 Å². The number of likely N-dealkylation sites (tertiary alicyclic amines) is 1. The van der Waals surface area contributed by atoms with E-state index in [4.69, 9.17) is 5.73 Å². The van der Waals surface area contributed by atoms with Gasteiger partial charge in [-0.3, -0.25) is 9.59 Å². The van der Waals surface area contributed by atoms with E-state index in [1.54, 1.807) is 9.58 Å². The molecule has 116 valence electrons. The average Bonchev–Trinajstić information content (AvgIpc) is 2.97. The Bertz CT molecular complexity index is 528. The first-order valence-corrected chi connectivity index (χ1v) is 7.16. The fourth-order valence-electron chi connectivity index (χ4n) is 2.29. The zero-order chi connectivity index (χ0) is 15.4. The number of hydrogen-bond donors (Lipinski definition) is 2. The molecule has 0 aliphatic carbocycles. The molecule has 1 atom stereocenters. The number of amides is 2. The maximum Gasteiger partial charge on any atom is 0.225 e. The SMILES string of the molecule is CC[C@@H](O)Cn1nc(CC(N)=O)nc1CN1CCCC1=O. The summed E-state index contributed by atoms with van der Waals surface area (Å²) < 4.78 is 1.57. The Balaban J connectivity index is 2.17. The van der Waals surface area contributed by atoms with Crippen LogP contribution in [0.4, 0.5) is 0 Å². The molecule has 1 aromatic rings. The lowest BCUT2D eigenvalue weighted by Crippen LogP contribution is -2.27. The number of rotatable bonds is 7. The first-order chi connectivity index (χ1) is 9.99. The van der Waals surface area contributed by atoms with Gasteiger partial charge >= 0.3 is 0 Å². The van der Waals surface area contributed by atoms with Gasteiger partial charge in [-0.1, -0.05) is 6.92 Å². The smallest absolute Gasteiger partial charge is 0.225 e. The Kier molecular flexibility index (Phi) is 4.89. The van der Waals surface area contributed by atoms with Crippen LogP contribution in [0.2, 0.25) is 0 Å². The van der Waals surface area contributed by atoms with E-state index in [0.717, 1.165) is 6.42 Å². The number of aliphatic hydroxyl groups excluding tert-OH is 1. The highest BCUT2D eigenvalue weighted by atomic mass is 16.3. The van der Waals surface area contributed by atoms with Crippen molar-refractivity contribution in [2.75, 3.05) is 6.54 Å². The molecule has 0 radical (unpaired) electrons. The number of carbonyl (C=O) groups excluding carboxylic acids is 2. The Morgan fingerprint density at radius 3 is 2.86 bits per heavy atom. The van der Waals surface area contributed by atoms with Gasteiger partial charge in [0.15, 0.2) is 5.82 Å². The van der Waals surface area contributed by atoms with E-state index in [0.29, 0.717) is 44.1 Å². The molecular formula is C13H21N5O3. The molecule has 0 saturated carbocycles. The van der Waals surface area contributed by atoms with Gasteiger partial charge in [-0.2, -0.15) is 5.10 Å². The molecule has 1 aliphatic rings. The van der Waals surface area contributed by atoms with Gasteiger partial charge in [0.1, 0.15) is 5.82 Å². The zero-order valence-corrected chi connectivity index (χ0v) is 12.2. The summed E-state index contributed by atoms with van der Waals surface area (Å²) >= 11 is 0. The third kappa shape index (κ3) is 4.01. The molecule has 8 nitrogen and oxygen atoms in total. The first-order valence-electron chi connectivity index (χ1n) is 7.16.